The number of urea groups is 1. The Hall–Kier alpha value is -4.28. The zero-order valence-electron chi connectivity index (χ0n) is 22.5. The summed E-state index contributed by atoms with van der Waals surface area (Å²) in [6, 6.07) is 16.8. The van der Waals surface area contributed by atoms with Gasteiger partial charge >= 0.3 is 18.2 Å². The Labute approximate surface area is 234 Å². The third-order valence-corrected chi connectivity index (χ3v) is 7.01. The van der Waals surface area contributed by atoms with Crippen LogP contribution in [-0.4, -0.2) is 58.7 Å². The Kier molecular flexibility index (Phi) is 8.74. The molecule has 0 aromatic heterocycles. The van der Waals surface area contributed by atoms with E-state index >= 15 is 0 Å². The van der Waals surface area contributed by atoms with Crippen LogP contribution in [0.5, 0.6) is 11.5 Å². The van der Waals surface area contributed by atoms with Crippen LogP contribution in [0.4, 0.5) is 22.4 Å². The lowest BCUT2D eigenvalue weighted by atomic mass is 9.96. The molecule has 0 aliphatic carbocycles. The van der Waals surface area contributed by atoms with E-state index in [1.807, 2.05) is 0 Å². The smallest absolute Gasteiger partial charge is 0.416 e. The van der Waals surface area contributed by atoms with Crippen LogP contribution in [0.2, 0.25) is 0 Å². The highest BCUT2D eigenvalue weighted by molar-refractivity contribution is 5.78. The van der Waals surface area contributed by atoms with E-state index in [-0.39, 0.29) is 30.8 Å². The van der Waals surface area contributed by atoms with E-state index in [9.17, 15) is 32.3 Å². The predicted octanol–water partition coefficient (Wildman–Crippen LogP) is 6.01. The van der Waals surface area contributed by atoms with Crippen molar-refractivity contribution >= 4 is 12.0 Å². The second-order valence-electron chi connectivity index (χ2n) is 10.1. The van der Waals surface area contributed by atoms with E-state index in [1.165, 1.54) is 37.3 Å². The maximum atomic E-state index is 14.0. The fourth-order valence-electron chi connectivity index (χ4n) is 4.60. The van der Waals surface area contributed by atoms with E-state index in [0.717, 1.165) is 12.1 Å². The fourth-order valence-corrected chi connectivity index (χ4v) is 4.60. The number of benzene rings is 3. The Morgan fingerprint density at radius 2 is 1.63 bits per heavy atom. The maximum absolute atomic E-state index is 14.0. The van der Waals surface area contributed by atoms with E-state index < -0.39 is 29.1 Å². The number of carbonyl (C=O) groups is 2. The highest BCUT2D eigenvalue weighted by atomic mass is 19.4. The predicted molar refractivity (Wildman–Crippen MR) is 142 cm³/mol. The zero-order chi connectivity index (χ0) is 29.8. The van der Waals surface area contributed by atoms with Crippen molar-refractivity contribution in [3.63, 3.8) is 0 Å². The monoisotopic (exact) mass is 574 g/mol. The fraction of sp³-hybridized carbons (Fsp3) is 0.333. The second-order valence-corrected chi connectivity index (χ2v) is 10.1. The number of hydrogen-bond donors (Lipinski definition) is 1. The van der Waals surface area contributed by atoms with Crippen LogP contribution in [0.25, 0.3) is 0 Å². The minimum absolute atomic E-state index is 0.0132. The molecular weight excluding hydrogens is 544 g/mol. The van der Waals surface area contributed by atoms with Gasteiger partial charge in [-0.2, -0.15) is 13.2 Å². The number of amides is 2. The van der Waals surface area contributed by atoms with Gasteiger partial charge in [-0.1, -0.05) is 36.4 Å². The molecule has 0 spiro atoms. The van der Waals surface area contributed by atoms with Gasteiger partial charge in [0.1, 0.15) is 5.75 Å². The summed E-state index contributed by atoms with van der Waals surface area (Å²) in [5.74, 6) is -1.48. The van der Waals surface area contributed by atoms with Crippen LogP contribution in [0.15, 0.2) is 72.8 Å². The van der Waals surface area contributed by atoms with E-state index in [0.29, 0.717) is 36.4 Å². The van der Waals surface area contributed by atoms with Crippen molar-refractivity contribution < 1.29 is 41.7 Å². The zero-order valence-corrected chi connectivity index (χ0v) is 22.5. The first-order valence-electron chi connectivity index (χ1n) is 12.9. The molecule has 0 saturated carbocycles. The molecule has 41 heavy (non-hydrogen) atoms. The van der Waals surface area contributed by atoms with Gasteiger partial charge in [0.15, 0.2) is 11.6 Å². The molecule has 11 heteroatoms. The Morgan fingerprint density at radius 3 is 2.24 bits per heavy atom. The summed E-state index contributed by atoms with van der Waals surface area (Å²) >= 11 is 0. The van der Waals surface area contributed by atoms with Gasteiger partial charge in [0.05, 0.1) is 18.2 Å². The third kappa shape index (κ3) is 7.27. The van der Waals surface area contributed by atoms with Gasteiger partial charge in [-0.25, -0.2) is 14.0 Å². The number of carboxylic acid groups (broad SMARTS) is 1. The topological polar surface area (TPSA) is 79.3 Å². The molecule has 2 amide bonds. The average Bonchev–Trinajstić information content (AvgIpc) is 3.18. The molecule has 1 saturated heterocycles. The van der Waals surface area contributed by atoms with Crippen molar-refractivity contribution in [2.75, 3.05) is 20.2 Å². The molecule has 0 bridgehead atoms. The summed E-state index contributed by atoms with van der Waals surface area (Å²) < 4.78 is 63.8. The molecular formula is C30H30F4N2O5. The Bertz CT molecular complexity index is 1360. The summed E-state index contributed by atoms with van der Waals surface area (Å²) in [6.45, 7) is 2.30. The average molecular weight is 575 g/mol. The first-order valence-corrected chi connectivity index (χ1v) is 12.9. The van der Waals surface area contributed by atoms with Gasteiger partial charge in [-0.05, 0) is 54.4 Å². The van der Waals surface area contributed by atoms with Crippen LogP contribution in [-0.2, 0) is 23.9 Å². The molecule has 4 rings (SSSR count). The number of likely N-dealkylation sites (N-methyl/N-ethyl adjacent to an activating group) is 1. The van der Waals surface area contributed by atoms with Gasteiger partial charge in [0.25, 0.3) is 0 Å². The second kappa shape index (κ2) is 12.1. The molecule has 1 N–H and O–H groups in total. The molecule has 218 valence electrons. The van der Waals surface area contributed by atoms with Crippen molar-refractivity contribution in [1.29, 1.82) is 0 Å². The van der Waals surface area contributed by atoms with Crippen molar-refractivity contribution in [3.8, 4) is 11.5 Å². The van der Waals surface area contributed by atoms with Gasteiger partial charge in [0.2, 0.25) is 5.60 Å². The van der Waals surface area contributed by atoms with Crippen LogP contribution in [0.1, 0.15) is 30.0 Å². The Morgan fingerprint density at radius 1 is 1.00 bits per heavy atom. The number of rotatable bonds is 11. The largest absolute Gasteiger partial charge is 0.494 e. The van der Waals surface area contributed by atoms with Gasteiger partial charge in [-0.3, -0.25) is 0 Å². The lowest BCUT2D eigenvalue weighted by molar-refractivity contribution is -0.153. The molecule has 3 aromatic carbocycles. The Balaban J connectivity index is 1.28. The van der Waals surface area contributed by atoms with E-state index in [4.69, 9.17) is 9.47 Å². The van der Waals surface area contributed by atoms with Crippen LogP contribution in [0, 0.1) is 5.82 Å². The number of nitrogens with zero attached hydrogens (tertiary/aromatic N) is 2. The lowest BCUT2D eigenvalue weighted by Gasteiger charge is -2.26. The maximum Gasteiger partial charge on any atom is 0.416 e. The van der Waals surface area contributed by atoms with Gasteiger partial charge in [-0.15, -0.1) is 0 Å². The van der Waals surface area contributed by atoms with Crippen molar-refractivity contribution in [2.24, 2.45) is 0 Å². The van der Waals surface area contributed by atoms with Crippen molar-refractivity contribution in [2.45, 2.75) is 44.1 Å². The number of carbonyl (C=O) groups excluding carboxylic acids is 1. The number of hydrogen-bond acceptors (Lipinski definition) is 4. The number of carboxylic acids is 1. The molecule has 1 heterocycles. The third-order valence-electron chi connectivity index (χ3n) is 7.01. The highest BCUT2D eigenvalue weighted by Crippen LogP contribution is 2.30. The summed E-state index contributed by atoms with van der Waals surface area (Å²) in [5, 5.41) is 9.76. The minimum atomic E-state index is -4.41. The number of alkyl halides is 3. The van der Waals surface area contributed by atoms with Crippen LogP contribution < -0.4 is 9.47 Å². The summed E-state index contributed by atoms with van der Waals surface area (Å²) in [4.78, 5) is 27.8. The number of ether oxygens (including phenoxy) is 2. The van der Waals surface area contributed by atoms with Crippen molar-refractivity contribution in [1.82, 2.24) is 9.80 Å². The number of aliphatic carboxylic acids is 1. The first-order chi connectivity index (χ1) is 19.4. The molecule has 1 aliphatic heterocycles. The first kappa shape index (κ1) is 29.7. The lowest BCUT2D eigenvalue weighted by Crippen LogP contribution is -2.43. The standard InChI is InChI=1S/C30H30F4N2O5/c1-29(27(37)38,41-26-6-4-3-5-25(26)31)17-20-9-13-24(14-10-20)40-16-15-23-19-36(28(39)35(23)2)18-21-7-11-22(12-8-21)30(32,33)34/h3-14,23H,15-19H2,1-2H3,(H,37,38)/t23-,29-/m0/s1. The van der Waals surface area contributed by atoms with Gasteiger partial charge in [0, 0.05) is 33.0 Å². The summed E-state index contributed by atoms with van der Waals surface area (Å²) in [7, 11) is 1.68. The highest BCUT2D eigenvalue weighted by Gasteiger charge is 2.37. The van der Waals surface area contributed by atoms with Crippen LogP contribution >= 0.6 is 0 Å². The molecule has 3 aromatic rings. The minimum Gasteiger partial charge on any atom is -0.494 e. The quantitative estimate of drug-likeness (QED) is 0.284. The van der Waals surface area contributed by atoms with Gasteiger partial charge < -0.3 is 24.4 Å². The molecule has 1 aliphatic rings. The van der Waals surface area contributed by atoms with Crippen molar-refractivity contribution in [3.05, 3.63) is 95.3 Å². The number of para-hydroxylation sites is 1. The number of halogens is 4. The van der Waals surface area contributed by atoms with Crippen LogP contribution in [0.3, 0.4) is 0 Å². The molecule has 0 radical (unpaired) electrons. The summed E-state index contributed by atoms with van der Waals surface area (Å²) in [6.07, 6.45) is -3.90. The van der Waals surface area contributed by atoms with E-state index in [1.54, 1.807) is 47.2 Å². The normalized spacial score (nSPS) is 16.9. The summed E-state index contributed by atoms with van der Waals surface area (Å²) in [5.41, 5.74) is -1.18. The molecule has 2 atom stereocenters. The SMILES string of the molecule is CN1C(=O)N(Cc2ccc(C(F)(F)F)cc2)C[C@@H]1CCOc1ccc(C[C@](C)(Oc2ccccc2F)C(=O)O)cc1. The molecule has 7 nitrogen and oxygen atoms in total. The molecule has 1 fully saturated rings. The molecule has 0 unspecified atom stereocenters. The van der Waals surface area contributed by atoms with E-state index in [2.05, 4.69) is 0 Å².